The third-order valence-electron chi connectivity index (χ3n) is 2.27. The van der Waals surface area contributed by atoms with E-state index in [2.05, 4.69) is 25.6 Å². The molecule has 0 aliphatic carbocycles. The molecular weight excluding hydrogens is 250 g/mol. The largest absolute Gasteiger partial charge is 0.490 e. The molecule has 0 amide bonds. The number of thiazole rings is 1. The molecule has 0 spiro atoms. The van der Waals surface area contributed by atoms with Gasteiger partial charge in [-0.25, -0.2) is 9.97 Å². The third kappa shape index (κ3) is 2.86. The van der Waals surface area contributed by atoms with Crippen LogP contribution in [0.1, 0.15) is 11.8 Å². The van der Waals surface area contributed by atoms with Crippen molar-refractivity contribution in [2.45, 2.75) is 13.5 Å². The van der Waals surface area contributed by atoms with Gasteiger partial charge < -0.3 is 15.4 Å². The monoisotopic (exact) mass is 265 g/mol. The van der Waals surface area contributed by atoms with Gasteiger partial charge in [-0.1, -0.05) is 0 Å². The molecule has 2 aromatic heterocycles. The SMILES string of the molecule is CCNc1ncnc(NCc2cncs2)c1OC. The Bertz CT molecular complexity index is 488. The van der Waals surface area contributed by atoms with Crippen LogP contribution in [0.4, 0.5) is 11.6 Å². The fourth-order valence-corrected chi connectivity index (χ4v) is 2.02. The van der Waals surface area contributed by atoms with Gasteiger partial charge in [0.05, 0.1) is 19.2 Å². The smallest absolute Gasteiger partial charge is 0.204 e. The highest BCUT2D eigenvalue weighted by Crippen LogP contribution is 2.29. The number of hydrogen-bond acceptors (Lipinski definition) is 7. The van der Waals surface area contributed by atoms with Crippen molar-refractivity contribution in [1.82, 2.24) is 15.0 Å². The summed E-state index contributed by atoms with van der Waals surface area (Å²) in [6.07, 6.45) is 3.34. The van der Waals surface area contributed by atoms with E-state index in [1.165, 1.54) is 6.33 Å². The van der Waals surface area contributed by atoms with Crippen molar-refractivity contribution in [3.05, 3.63) is 22.9 Å². The summed E-state index contributed by atoms with van der Waals surface area (Å²) >= 11 is 1.60. The van der Waals surface area contributed by atoms with Crippen LogP contribution in [0.15, 0.2) is 18.0 Å². The van der Waals surface area contributed by atoms with Crippen molar-refractivity contribution < 1.29 is 4.74 Å². The Morgan fingerprint density at radius 1 is 1.28 bits per heavy atom. The molecule has 2 aromatic rings. The molecule has 0 aliphatic rings. The molecule has 0 aliphatic heterocycles. The Morgan fingerprint density at radius 2 is 2.06 bits per heavy atom. The summed E-state index contributed by atoms with van der Waals surface area (Å²) in [5, 5.41) is 6.35. The number of aromatic nitrogens is 3. The molecule has 0 unspecified atom stereocenters. The summed E-state index contributed by atoms with van der Waals surface area (Å²) < 4.78 is 5.34. The van der Waals surface area contributed by atoms with Gasteiger partial charge in [0.1, 0.15) is 6.33 Å². The van der Waals surface area contributed by atoms with Crippen LogP contribution in [0.25, 0.3) is 0 Å². The molecule has 7 heteroatoms. The quantitative estimate of drug-likeness (QED) is 0.832. The van der Waals surface area contributed by atoms with Gasteiger partial charge in [0.2, 0.25) is 5.75 Å². The zero-order valence-electron chi connectivity index (χ0n) is 10.3. The van der Waals surface area contributed by atoms with E-state index in [4.69, 9.17) is 4.74 Å². The van der Waals surface area contributed by atoms with Gasteiger partial charge in [-0.2, -0.15) is 0 Å². The summed E-state index contributed by atoms with van der Waals surface area (Å²) in [6.45, 7) is 3.46. The zero-order valence-corrected chi connectivity index (χ0v) is 11.1. The first-order chi connectivity index (χ1) is 8.85. The Hall–Kier alpha value is -1.89. The summed E-state index contributed by atoms with van der Waals surface area (Å²) in [7, 11) is 1.61. The molecule has 18 heavy (non-hydrogen) atoms. The molecule has 2 N–H and O–H groups in total. The van der Waals surface area contributed by atoms with Crippen molar-refractivity contribution in [3.63, 3.8) is 0 Å². The topological polar surface area (TPSA) is 72.0 Å². The first-order valence-corrected chi connectivity index (χ1v) is 6.47. The second-order valence-electron chi connectivity index (χ2n) is 3.46. The molecular formula is C11H15N5OS. The molecule has 2 heterocycles. The first-order valence-electron chi connectivity index (χ1n) is 5.59. The molecule has 0 aromatic carbocycles. The summed E-state index contributed by atoms with van der Waals surface area (Å²) in [6, 6.07) is 0. The van der Waals surface area contributed by atoms with Gasteiger partial charge in [-0.15, -0.1) is 11.3 Å². The highest BCUT2D eigenvalue weighted by Gasteiger charge is 2.11. The fraction of sp³-hybridized carbons (Fsp3) is 0.364. The third-order valence-corrected chi connectivity index (χ3v) is 3.05. The molecule has 0 saturated carbocycles. The van der Waals surface area contributed by atoms with Crippen LogP contribution in [0.3, 0.4) is 0 Å². The van der Waals surface area contributed by atoms with Crippen molar-refractivity contribution in [1.29, 1.82) is 0 Å². The maximum atomic E-state index is 5.34. The van der Waals surface area contributed by atoms with E-state index >= 15 is 0 Å². The van der Waals surface area contributed by atoms with Gasteiger partial charge in [-0.05, 0) is 6.92 Å². The minimum Gasteiger partial charge on any atom is -0.490 e. The number of methoxy groups -OCH3 is 1. The Kier molecular flexibility index (Phi) is 4.30. The van der Waals surface area contributed by atoms with Crippen molar-refractivity contribution in [2.24, 2.45) is 0 Å². The van der Waals surface area contributed by atoms with Gasteiger partial charge >= 0.3 is 0 Å². The van der Waals surface area contributed by atoms with E-state index in [1.807, 2.05) is 13.1 Å². The maximum absolute atomic E-state index is 5.34. The zero-order chi connectivity index (χ0) is 12.8. The van der Waals surface area contributed by atoms with Crippen LogP contribution >= 0.6 is 11.3 Å². The summed E-state index contributed by atoms with van der Waals surface area (Å²) in [5.74, 6) is 2.00. The summed E-state index contributed by atoms with van der Waals surface area (Å²) in [5.41, 5.74) is 1.80. The van der Waals surface area contributed by atoms with Crippen LogP contribution in [-0.2, 0) is 6.54 Å². The van der Waals surface area contributed by atoms with Crippen LogP contribution in [0.2, 0.25) is 0 Å². The van der Waals surface area contributed by atoms with Crippen molar-refractivity contribution in [2.75, 3.05) is 24.3 Å². The van der Waals surface area contributed by atoms with Crippen LogP contribution in [0, 0.1) is 0 Å². The van der Waals surface area contributed by atoms with E-state index < -0.39 is 0 Å². The number of nitrogens with one attached hydrogen (secondary N) is 2. The Labute approximate surface area is 109 Å². The normalized spacial score (nSPS) is 10.1. The molecule has 0 bridgehead atoms. The lowest BCUT2D eigenvalue weighted by Crippen LogP contribution is -2.07. The number of hydrogen-bond donors (Lipinski definition) is 2. The number of rotatable bonds is 6. The fourth-order valence-electron chi connectivity index (χ4n) is 1.49. The first kappa shape index (κ1) is 12.6. The standard InChI is InChI=1S/C11H15N5OS/c1-3-13-10-9(17-2)11(16-6-15-10)14-5-8-4-12-7-18-8/h4,6-7H,3,5H2,1-2H3,(H2,13,14,15,16). The highest BCUT2D eigenvalue weighted by atomic mass is 32.1. The van der Waals surface area contributed by atoms with E-state index in [-0.39, 0.29) is 0 Å². The predicted octanol–water partition coefficient (Wildman–Crippen LogP) is 1.99. The molecule has 2 rings (SSSR count). The van der Waals surface area contributed by atoms with E-state index in [0.29, 0.717) is 23.9 Å². The number of ether oxygens (including phenoxy) is 1. The Balaban J connectivity index is 2.13. The average molecular weight is 265 g/mol. The van der Waals surface area contributed by atoms with E-state index in [0.717, 1.165) is 11.4 Å². The molecule has 6 nitrogen and oxygen atoms in total. The predicted molar refractivity (Wildman–Crippen MR) is 72.2 cm³/mol. The average Bonchev–Trinajstić information content (AvgIpc) is 2.90. The number of nitrogens with zero attached hydrogens (tertiary/aromatic N) is 3. The molecule has 0 atom stereocenters. The molecule has 0 radical (unpaired) electrons. The van der Waals surface area contributed by atoms with Crippen LogP contribution in [0.5, 0.6) is 5.75 Å². The van der Waals surface area contributed by atoms with Crippen LogP contribution in [-0.4, -0.2) is 28.6 Å². The minimum absolute atomic E-state index is 0.629. The molecule has 96 valence electrons. The number of anilines is 2. The van der Waals surface area contributed by atoms with Crippen molar-refractivity contribution in [3.8, 4) is 5.75 Å². The van der Waals surface area contributed by atoms with E-state index in [9.17, 15) is 0 Å². The molecule has 0 fully saturated rings. The Morgan fingerprint density at radius 3 is 2.67 bits per heavy atom. The second kappa shape index (κ2) is 6.15. The lowest BCUT2D eigenvalue weighted by molar-refractivity contribution is 0.414. The maximum Gasteiger partial charge on any atom is 0.204 e. The van der Waals surface area contributed by atoms with Gasteiger partial charge in [0, 0.05) is 17.6 Å². The van der Waals surface area contributed by atoms with Crippen LogP contribution < -0.4 is 15.4 Å². The van der Waals surface area contributed by atoms with Gasteiger partial charge in [-0.3, -0.25) is 4.98 Å². The lowest BCUT2D eigenvalue weighted by Gasteiger charge is -2.12. The van der Waals surface area contributed by atoms with Gasteiger partial charge in [0.15, 0.2) is 11.6 Å². The molecule has 0 saturated heterocycles. The van der Waals surface area contributed by atoms with Crippen molar-refractivity contribution >= 4 is 23.0 Å². The summed E-state index contributed by atoms with van der Waals surface area (Å²) in [4.78, 5) is 13.5. The minimum atomic E-state index is 0.629. The van der Waals surface area contributed by atoms with E-state index in [1.54, 1.807) is 24.0 Å². The lowest BCUT2D eigenvalue weighted by atomic mass is 10.4. The van der Waals surface area contributed by atoms with Gasteiger partial charge in [0.25, 0.3) is 0 Å². The highest BCUT2D eigenvalue weighted by molar-refractivity contribution is 7.09. The second-order valence-corrected chi connectivity index (χ2v) is 4.43.